The average molecular weight is 264 g/mol. The molecular weight excluding hydrogens is 248 g/mol. The standard InChI is InChI=1S/C11H16N6O2/c1-7(2)16-11(10(17(18)19)8(3)15-16)14-6-9-12-4-5-13-9/h4-5,7,14H,6H2,1-3H3,(H,12,13). The van der Waals surface area contributed by atoms with E-state index in [0.29, 0.717) is 23.9 Å². The van der Waals surface area contributed by atoms with Crippen LogP contribution in [-0.2, 0) is 6.54 Å². The average Bonchev–Trinajstić information content (AvgIpc) is 2.92. The summed E-state index contributed by atoms with van der Waals surface area (Å²) in [6.07, 6.45) is 3.34. The molecule has 0 spiro atoms. The minimum Gasteiger partial charge on any atom is -0.357 e. The van der Waals surface area contributed by atoms with Crippen molar-refractivity contribution in [3.8, 4) is 0 Å². The van der Waals surface area contributed by atoms with Crippen molar-refractivity contribution in [2.75, 3.05) is 5.32 Å². The molecule has 8 heteroatoms. The SMILES string of the molecule is Cc1nn(C(C)C)c(NCc2ncc[nH]2)c1[N+](=O)[O-]. The molecule has 102 valence electrons. The van der Waals surface area contributed by atoms with Gasteiger partial charge in [-0.15, -0.1) is 0 Å². The summed E-state index contributed by atoms with van der Waals surface area (Å²) >= 11 is 0. The number of anilines is 1. The molecule has 0 fully saturated rings. The molecule has 0 aromatic carbocycles. The number of nitrogens with one attached hydrogen (secondary N) is 2. The molecule has 0 aliphatic heterocycles. The van der Waals surface area contributed by atoms with E-state index < -0.39 is 4.92 Å². The van der Waals surface area contributed by atoms with Crippen molar-refractivity contribution in [3.63, 3.8) is 0 Å². The van der Waals surface area contributed by atoms with Gasteiger partial charge in [-0.2, -0.15) is 5.10 Å². The predicted octanol–water partition coefficient (Wildman–Crippen LogP) is 2.02. The maximum atomic E-state index is 11.1. The second-order valence-corrected chi connectivity index (χ2v) is 4.47. The first kappa shape index (κ1) is 13.1. The molecule has 0 amide bonds. The summed E-state index contributed by atoms with van der Waals surface area (Å²) in [5.41, 5.74) is 0.418. The number of nitrogens with zero attached hydrogens (tertiary/aromatic N) is 4. The third-order valence-corrected chi connectivity index (χ3v) is 2.70. The molecule has 0 bridgehead atoms. The maximum Gasteiger partial charge on any atom is 0.333 e. The number of rotatable bonds is 5. The number of aromatic nitrogens is 4. The minimum atomic E-state index is -0.411. The van der Waals surface area contributed by atoms with Crippen molar-refractivity contribution in [2.45, 2.75) is 33.4 Å². The van der Waals surface area contributed by atoms with Crippen molar-refractivity contribution < 1.29 is 4.92 Å². The van der Waals surface area contributed by atoms with Crippen molar-refractivity contribution in [2.24, 2.45) is 0 Å². The van der Waals surface area contributed by atoms with Crippen LogP contribution in [0.4, 0.5) is 11.5 Å². The fourth-order valence-electron chi connectivity index (χ4n) is 1.86. The monoisotopic (exact) mass is 264 g/mol. The third kappa shape index (κ3) is 2.56. The maximum absolute atomic E-state index is 11.1. The van der Waals surface area contributed by atoms with Gasteiger partial charge in [-0.1, -0.05) is 0 Å². The van der Waals surface area contributed by atoms with Crippen LogP contribution in [0.3, 0.4) is 0 Å². The number of aromatic amines is 1. The molecule has 0 aliphatic carbocycles. The summed E-state index contributed by atoms with van der Waals surface area (Å²) < 4.78 is 1.62. The lowest BCUT2D eigenvalue weighted by Crippen LogP contribution is -2.11. The van der Waals surface area contributed by atoms with Crippen LogP contribution in [0.5, 0.6) is 0 Å². The Morgan fingerprint density at radius 2 is 2.32 bits per heavy atom. The van der Waals surface area contributed by atoms with Crippen LogP contribution in [0.25, 0.3) is 0 Å². The Hall–Kier alpha value is -2.38. The molecule has 2 N–H and O–H groups in total. The molecule has 19 heavy (non-hydrogen) atoms. The van der Waals surface area contributed by atoms with Crippen LogP contribution in [-0.4, -0.2) is 24.7 Å². The van der Waals surface area contributed by atoms with E-state index in [9.17, 15) is 10.1 Å². The molecule has 8 nitrogen and oxygen atoms in total. The Morgan fingerprint density at radius 3 is 2.84 bits per heavy atom. The lowest BCUT2D eigenvalue weighted by molar-refractivity contribution is -0.384. The molecule has 0 unspecified atom stereocenters. The molecular formula is C11H16N6O2. The van der Waals surface area contributed by atoms with Gasteiger partial charge in [-0.05, 0) is 20.8 Å². The van der Waals surface area contributed by atoms with Gasteiger partial charge in [0.1, 0.15) is 11.5 Å². The number of nitro groups is 1. The van der Waals surface area contributed by atoms with Crippen molar-refractivity contribution >= 4 is 11.5 Å². The first-order valence-electron chi connectivity index (χ1n) is 5.96. The van der Waals surface area contributed by atoms with E-state index in [0.717, 1.165) is 0 Å². The number of hydrogen-bond donors (Lipinski definition) is 2. The van der Waals surface area contributed by atoms with E-state index in [4.69, 9.17) is 0 Å². The van der Waals surface area contributed by atoms with Gasteiger partial charge in [0, 0.05) is 18.4 Å². The third-order valence-electron chi connectivity index (χ3n) is 2.70. The molecule has 0 atom stereocenters. The van der Waals surface area contributed by atoms with Crippen LogP contribution in [0, 0.1) is 17.0 Å². The lowest BCUT2D eigenvalue weighted by atomic mass is 10.3. The van der Waals surface area contributed by atoms with Gasteiger partial charge in [-0.25, -0.2) is 9.67 Å². The van der Waals surface area contributed by atoms with Crippen LogP contribution in [0.15, 0.2) is 12.4 Å². The lowest BCUT2D eigenvalue weighted by Gasteiger charge is -2.11. The summed E-state index contributed by atoms with van der Waals surface area (Å²) in [7, 11) is 0. The quantitative estimate of drug-likeness (QED) is 0.635. The van der Waals surface area contributed by atoms with E-state index in [1.807, 2.05) is 13.8 Å². The number of H-pyrrole nitrogens is 1. The van der Waals surface area contributed by atoms with Gasteiger partial charge in [-0.3, -0.25) is 10.1 Å². The van der Waals surface area contributed by atoms with Crippen molar-refractivity contribution in [1.29, 1.82) is 0 Å². The molecule has 2 heterocycles. The summed E-state index contributed by atoms with van der Waals surface area (Å²) in [4.78, 5) is 17.7. The zero-order valence-electron chi connectivity index (χ0n) is 11.0. The van der Waals surface area contributed by atoms with E-state index in [1.54, 1.807) is 24.0 Å². The second kappa shape index (κ2) is 5.09. The fraction of sp³-hybridized carbons (Fsp3) is 0.455. The minimum absolute atomic E-state index is 0.0141. The largest absolute Gasteiger partial charge is 0.357 e. The fourth-order valence-corrected chi connectivity index (χ4v) is 1.86. The Balaban J connectivity index is 2.32. The first-order chi connectivity index (χ1) is 9.00. The molecule has 2 aromatic rings. The Labute approximate surface area is 110 Å². The zero-order valence-corrected chi connectivity index (χ0v) is 11.0. The summed E-state index contributed by atoms with van der Waals surface area (Å²) in [6, 6.07) is 0.0338. The van der Waals surface area contributed by atoms with Crippen LogP contribution >= 0.6 is 0 Å². The highest BCUT2D eigenvalue weighted by molar-refractivity contribution is 5.59. The van der Waals surface area contributed by atoms with E-state index in [1.165, 1.54) is 0 Å². The normalized spacial score (nSPS) is 10.9. The number of aryl methyl sites for hydroxylation is 1. The molecule has 0 saturated heterocycles. The number of imidazole rings is 1. The van der Waals surface area contributed by atoms with E-state index in [2.05, 4.69) is 20.4 Å². The Kier molecular flexibility index (Phi) is 3.50. The van der Waals surface area contributed by atoms with Gasteiger partial charge in [0.15, 0.2) is 0 Å². The zero-order chi connectivity index (χ0) is 14.0. The number of hydrogen-bond acceptors (Lipinski definition) is 5. The summed E-state index contributed by atoms with van der Waals surface area (Å²) in [6.45, 7) is 5.86. The second-order valence-electron chi connectivity index (χ2n) is 4.47. The van der Waals surface area contributed by atoms with Crippen LogP contribution in [0.2, 0.25) is 0 Å². The summed E-state index contributed by atoms with van der Waals surface area (Å²) in [5.74, 6) is 1.12. The highest BCUT2D eigenvalue weighted by Crippen LogP contribution is 2.30. The molecule has 0 radical (unpaired) electrons. The van der Waals surface area contributed by atoms with Gasteiger partial charge in [0.25, 0.3) is 0 Å². The summed E-state index contributed by atoms with van der Waals surface area (Å²) in [5, 5.41) is 18.4. The van der Waals surface area contributed by atoms with Gasteiger partial charge >= 0.3 is 5.69 Å². The topological polar surface area (TPSA) is 102 Å². The van der Waals surface area contributed by atoms with E-state index in [-0.39, 0.29) is 11.7 Å². The Bertz CT molecular complexity index is 572. The van der Waals surface area contributed by atoms with Crippen molar-refractivity contribution in [3.05, 3.63) is 34.0 Å². The molecule has 0 aliphatic rings. The Morgan fingerprint density at radius 1 is 1.58 bits per heavy atom. The molecule has 2 rings (SSSR count). The van der Waals surface area contributed by atoms with Crippen molar-refractivity contribution in [1.82, 2.24) is 19.7 Å². The van der Waals surface area contributed by atoms with Crippen LogP contribution < -0.4 is 5.32 Å². The van der Waals surface area contributed by atoms with Gasteiger partial charge in [0.2, 0.25) is 5.82 Å². The molecule has 0 saturated carbocycles. The highest BCUT2D eigenvalue weighted by Gasteiger charge is 2.26. The van der Waals surface area contributed by atoms with Gasteiger partial charge in [0.05, 0.1) is 11.5 Å². The highest BCUT2D eigenvalue weighted by atomic mass is 16.6. The van der Waals surface area contributed by atoms with E-state index >= 15 is 0 Å². The first-order valence-corrected chi connectivity index (χ1v) is 5.96. The van der Waals surface area contributed by atoms with Crippen LogP contribution in [0.1, 0.15) is 31.4 Å². The molecule has 2 aromatic heterocycles. The van der Waals surface area contributed by atoms with Gasteiger partial charge < -0.3 is 10.3 Å². The predicted molar refractivity (Wildman–Crippen MR) is 69.9 cm³/mol. The smallest absolute Gasteiger partial charge is 0.333 e.